The number of carbonyl (C=O) groups excluding carboxylic acids is 1. The molecule has 11 heteroatoms. The molecule has 1 unspecified atom stereocenters. The summed E-state index contributed by atoms with van der Waals surface area (Å²) in [4.78, 5) is 27.8. The van der Waals surface area contributed by atoms with Gasteiger partial charge in [-0.1, -0.05) is 13.3 Å². The molecule has 3 aromatic rings. The number of nitrogens with zero attached hydrogens (tertiary/aromatic N) is 4. The van der Waals surface area contributed by atoms with Crippen LogP contribution in [0.15, 0.2) is 42.6 Å². The summed E-state index contributed by atoms with van der Waals surface area (Å²) in [6.07, 6.45) is 5.53. The quantitative estimate of drug-likeness (QED) is 0.329. The highest BCUT2D eigenvalue weighted by Gasteiger charge is 2.46. The third kappa shape index (κ3) is 6.40. The molecule has 218 valence electrons. The molecule has 5 rings (SSSR count). The molecule has 2 saturated heterocycles. The fourth-order valence-electron chi connectivity index (χ4n) is 5.59. The van der Waals surface area contributed by atoms with Gasteiger partial charge in [-0.2, -0.15) is 5.10 Å². The van der Waals surface area contributed by atoms with Crippen LogP contribution in [0.5, 0.6) is 0 Å². The number of benzene rings is 2. The Bertz CT molecular complexity index is 1430. The smallest absolute Gasteiger partial charge is 0.415 e. The largest absolute Gasteiger partial charge is 0.478 e. The molecule has 2 aliphatic rings. The number of hydrogen-bond donors (Lipinski definition) is 1. The molecule has 3 heterocycles. The summed E-state index contributed by atoms with van der Waals surface area (Å²) in [5, 5.41) is 13.8. The average molecular weight is 571 g/mol. The molecule has 8 nitrogen and oxygen atoms in total. The number of carboxylic acids is 1. The van der Waals surface area contributed by atoms with Crippen LogP contribution in [0.2, 0.25) is 0 Å². The average Bonchev–Trinajstić information content (AvgIpc) is 3.41. The van der Waals surface area contributed by atoms with Gasteiger partial charge in [0, 0.05) is 56.0 Å². The summed E-state index contributed by atoms with van der Waals surface area (Å²) in [6.45, 7) is 5.10. The summed E-state index contributed by atoms with van der Waals surface area (Å²) in [6, 6.07) is 7.62. The number of aromatic nitrogens is 2. The number of rotatable bonds is 9. The van der Waals surface area contributed by atoms with Crippen molar-refractivity contribution in [2.45, 2.75) is 64.1 Å². The Kier molecular flexibility index (Phi) is 8.35. The zero-order valence-electron chi connectivity index (χ0n) is 22.9. The van der Waals surface area contributed by atoms with Crippen molar-refractivity contribution in [3.05, 3.63) is 82.4 Å². The third-order valence-corrected chi connectivity index (χ3v) is 7.89. The van der Waals surface area contributed by atoms with Gasteiger partial charge in [-0.15, -0.1) is 0 Å². The standard InChI is InChI=1S/C30H33F3N4O4/c1-2-3-12-36-18-22(27(34-36)15-21-14-25(32)26(33)16-24(21)31)17-35-11-4-9-30(10-13-35)19-37(29(40)41-30)23-7-5-20(6-8-23)28(38)39/h5-8,14,16,18H,2-4,9-13,15,17,19H2,1H3,(H,38,39). The molecular formula is C30H33F3N4O4. The first-order chi connectivity index (χ1) is 19.7. The number of anilines is 1. The fraction of sp³-hybridized carbons (Fsp3) is 0.433. The molecule has 0 bridgehead atoms. The van der Waals surface area contributed by atoms with Gasteiger partial charge in [-0.25, -0.2) is 22.8 Å². The molecular weight excluding hydrogens is 537 g/mol. The van der Waals surface area contributed by atoms with E-state index in [-0.39, 0.29) is 17.5 Å². The highest BCUT2D eigenvalue weighted by molar-refractivity contribution is 5.92. The van der Waals surface area contributed by atoms with Gasteiger partial charge < -0.3 is 9.84 Å². The lowest BCUT2D eigenvalue weighted by Gasteiger charge is -2.25. The monoisotopic (exact) mass is 570 g/mol. The van der Waals surface area contributed by atoms with E-state index in [1.807, 2.05) is 10.9 Å². The first-order valence-electron chi connectivity index (χ1n) is 13.9. The molecule has 1 amide bonds. The maximum absolute atomic E-state index is 14.5. The van der Waals surface area contributed by atoms with E-state index in [1.54, 1.807) is 17.0 Å². The van der Waals surface area contributed by atoms with Crippen molar-refractivity contribution < 1.29 is 32.6 Å². The van der Waals surface area contributed by atoms with Crippen molar-refractivity contribution in [2.24, 2.45) is 0 Å². The molecule has 1 aromatic heterocycles. The summed E-state index contributed by atoms with van der Waals surface area (Å²) >= 11 is 0. The van der Waals surface area contributed by atoms with Crippen molar-refractivity contribution in [1.82, 2.24) is 14.7 Å². The van der Waals surface area contributed by atoms with E-state index in [4.69, 9.17) is 9.84 Å². The Hall–Kier alpha value is -3.86. The van der Waals surface area contributed by atoms with Crippen LogP contribution in [0.1, 0.15) is 66.2 Å². The minimum absolute atomic E-state index is 0.0442. The van der Waals surface area contributed by atoms with E-state index < -0.39 is 35.1 Å². The van der Waals surface area contributed by atoms with Gasteiger partial charge in [0.2, 0.25) is 0 Å². The zero-order valence-corrected chi connectivity index (χ0v) is 22.9. The lowest BCUT2D eigenvalue weighted by atomic mass is 9.94. The van der Waals surface area contributed by atoms with Crippen LogP contribution >= 0.6 is 0 Å². The minimum Gasteiger partial charge on any atom is -0.478 e. The number of hydrogen-bond acceptors (Lipinski definition) is 5. The molecule has 41 heavy (non-hydrogen) atoms. The van der Waals surface area contributed by atoms with Crippen molar-refractivity contribution >= 4 is 17.7 Å². The van der Waals surface area contributed by atoms with Gasteiger partial charge in [-0.05, 0) is 61.7 Å². The van der Waals surface area contributed by atoms with Crippen LogP contribution < -0.4 is 4.90 Å². The minimum atomic E-state index is -1.22. The Morgan fingerprint density at radius 2 is 1.80 bits per heavy atom. The SMILES string of the molecule is CCCCn1cc(CN2CCCC3(CC2)CN(c2ccc(C(=O)O)cc2)C(=O)O3)c(Cc2cc(F)c(F)cc2F)n1. The van der Waals surface area contributed by atoms with E-state index in [2.05, 4.69) is 16.9 Å². The normalized spacial score (nSPS) is 19.5. The van der Waals surface area contributed by atoms with E-state index in [9.17, 15) is 22.8 Å². The van der Waals surface area contributed by atoms with E-state index in [0.29, 0.717) is 56.5 Å². The second kappa shape index (κ2) is 11.9. The third-order valence-electron chi connectivity index (χ3n) is 7.89. The van der Waals surface area contributed by atoms with Crippen molar-refractivity contribution in [2.75, 3.05) is 24.5 Å². The van der Waals surface area contributed by atoms with Crippen LogP contribution in [-0.4, -0.2) is 57.1 Å². The topological polar surface area (TPSA) is 87.9 Å². The van der Waals surface area contributed by atoms with Gasteiger partial charge in [0.1, 0.15) is 11.4 Å². The first kappa shape index (κ1) is 28.7. The van der Waals surface area contributed by atoms with Crippen LogP contribution in [0.25, 0.3) is 0 Å². The molecule has 0 saturated carbocycles. The Labute approximate surface area is 236 Å². The highest BCUT2D eigenvalue weighted by Crippen LogP contribution is 2.36. The van der Waals surface area contributed by atoms with Crippen LogP contribution in [0.3, 0.4) is 0 Å². The number of unbranched alkanes of at least 4 members (excludes halogenated alkanes) is 1. The van der Waals surface area contributed by atoms with Crippen LogP contribution in [0, 0.1) is 17.5 Å². The maximum Gasteiger partial charge on any atom is 0.415 e. The van der Waals surface area contributed by atoms with E-state index in [1.165, 1.54) is 12.1 Å². The number of halogens is 3. The number of amides is 1. The van der Waals surface area contributed by atoms with Gasteiger partial charge in [-0.3, -0.25) is 14.5 Å². The van der Waals surface area contributed by atoms with Gasteiger partial charge >= 0.3 is 12.1 Å². The lowest BCUT2D eigenvalue weighted by molar-refractivity contribution is 0.0442. The van der Waals surface area contributed by atoms with Crippen LogP contribution in [0.4, 0.5) is 23.7 Å². The molecule has 1 atom stereocenters. The predicted molar refractivity (Wildman–Crippen MR) is 145 cm³/mol. The summed E-state index contributed by atoms with van der Waals surface area (Å²) in [5.41, 5.74) is 1.64. The fourth-order valence-corrected chi connectivity index (χ4v) is 5.59. The molecule has 1 spiro atoms. The summed E-state index contributed by atoms with van der Waals surface area (Å²) in [5.74, 6) is -4.15. The van der Waals surface area contributed by atoms with Crippen molar-refractivity contribution in [1.29, 1.82) is 0 Å². The Morgan fingerprint density at radius 3 is 2.54 bits per heavy atom. The molecule has 2 aromatic carbocycles. The number of ether oxygens (including phenoxy) is 1. The number of carboxylic acid groups (broad SMARTS) is 1. The summed E-state index contributed by atoms with van der Waals surface area (Å²) in [7, 11) is 0. The van der Waals surface area contributed by atoms with Gasteiger partial charge in [0.05, 0.1) is 17.8 Å². The van der Waals surface area contributed by atoms with Crippen LogP contribution in [-0.2, 0) is 24.2 Å². The Balaban J connectivity index is 1.29. The molecule has 0 aliphatic carbocycles. The van der Waals surface area contributed by atoms with Crippen molar-refractivity contribution in [3.8, 4) is 0 Å². The van der Waals surface area contributed by atoms with Gasteiger partial charge in [0.15, 0.2) is 11.6 Å². The summed E-state index contributed by atoms with van der Waals surface area (Å²) < 4.78 is 49.6. The number of aromatic carboxylic acids is 1. The van der Waals surface area contributed by atoms with Crippen molar-refractivity contribution in [3.63, 3.8) is 0 Å². The lowest BCUT2D eigenvalue weighted by Crippen LogP contribution is -2.36. The van der Waals surface area contributed by atoms with E-state index in [0.717, 1.165) is 37.4 Å². The second-order valence-corrected chi connectivity index (χ2v) is 10.9. The zero-order chi connectivity index (χ0) is 29.1. The number of aryl methyl sites for hydroxylation is 1. The van der Waals surface area contributed by atoms with E-state index >= 15 is 0 Å². The molecule has 0 radical (unpaired) electrons. The van der Waals surface area contributed by atoms with Gasteiger partial charge in [0.25, 0.3) is 0 Å². The first-order valence-corrected chi connectivity index (χ1v) is 13.9. The predicted octanol–water partition coefficient (Wildman–Crippen LogP) is 5.77. The molecule has 2 fully saturated rings. The molecule has 1 N–H and O–H groups in total. The number of likely N-dealkylation sites (tertiary alicyclic amines) is 1. The highest BCUT2D eigenvalue weighted by atomic mass is 19.2. The second-order valence-electron chi connectivity index (χ2n) is 10.9. The molecule has 2 aliphatic heterocycles. The number of carbonyl (C=O) groups is 2. The Morgan fingerprint density at radius 1 is 1.05 bits per heavy atom. The maximum atomic E-state index is 14.5.